The van der Waals surface area contributed by atoms with Gasteiger partial charge < -0.3 is 63.1 Å². The van der Waals surface area contributed by atoms with Crippen LogP contribution in [0.15, 0.2) is 24.3 Å². The van der Waals surface area contributed by atoms with Crippen molar-refractivity contribution < 1.29 is 67.9 Å². The second kappa shape index (κ2) is 12.2. The monoisotopic (exact) mass is 620 g/mol. The van der Waals surface area contributed by atoms with Crippen LogP contribution in [0.4, 0.5) is 0 Å². The lowest BCUT2D eigenvalue weighted by Gasteiger charge is -2.48. The van der Waals surface area contributed by atoms with Crippen LogP contribution in [0.25, 0.3) is 0 Å². The van der Waals surface area contributed by atoms with E-state index in [1.54, 1.807) is 31.2 Å². The van der Waals surface area contributed by atoms with Crippen molar-refractivity contribution in [1.82, 2.24) is 0 Å². The minimum atomic E-state index is -1.53. The van der Waals surface area contributed by atoms with Crippen molar-refractivity contribution in [3.8, 4) is 28.7 Å². The number of carbonyl (C=O) groups excluding carboxylic acids is 1. The molecule has 2 aromatic rings. The van der Waals surface area contributed by atoms with Crippen LogP contribution < -0.4 is 18.9 Å². The molecule has 3 heterocycles. The first-order valence-electron chi connectivity index (χ1n) is 14.2. The van der Waals surface area contributed by atoms with E-state index in [1.165, 1.54) is 21.3 Å². The quantitative estimate of drug-likeness (QED) is 0.321. The lowest BCUT2D eigenvalue weighted by atomic mass is 9.65. The lowest BCUT2D eigenvalue weighted by molar-refractivity contribution is -0.365. The van der Waals surface area contributed by atoms with Crippen LogP contribution in [0.5, 0.6) is 28.7 Å². The average Bonchev–Trinajstić information content (AvgIpc) is 3.50. The van der Waals surface area contributed by atoms with E-state index in [0.29, 0.717) is 28.2 Å². The molecule has 4 N–H and O–H groups in total. The Hall–Kier alpha value is -3.37. The van der Waals surface area contributed by atoms with E-state index in [1.807, 2.05) is 0 Å². The second-order valence-electron chi connectivity index (χ2n) is 11.1. The van der Waals surface area contributed by atoms with Crippen LogP contribution in [0, 0.1) is 11.8 Å². The van der Waals surface area contributed by atoms with Gasteiger partial charge in [-0.3, -0.25) is 4.79 Å². The highest BCUT2D eigenvalue weighted by molar-refractivity contribution is 5.77. The summed E-state index contributed by atoms with van der Waals surface area (Å²) in [6, 6.07) is 6.58. The number of ether oxygens (including phenoxy) is 9. The van der Waals surface area contributed by atoms with Crippen LogP contribution in [-0.4, -0.2) is 105 Å². The maximum atomic E-state index is 13.6. The van der Waals surface area contributed by atoms with Gasteiger partial charge in [-0.15, -0.1) is 0 Å². The Kier molecular flexibility index (Phi) is 8.50. The summed E-state index contributed by atoms with van der Waals surface area (Å²) in [7, 11) is 4.02. The number of rotatable bonds is 7. The molecule has 240 valence electrons. The fourth-order valence-electron chi connectivity index (χ4n) is 6.62. The summed E-state index contributed by atoms with van der Waals surface area (Å²) >= 11 is 0. The van der Waals surface area contributed by atoms with E-state index in [2.05, 4.69) is 0 Å². The first-order valence-corrected chi connectivity index (χ1v) is 14.2. The maximum absolute atomic E-state index is 13.6. The molecule has 2 fully saturated rings. The molecule has 0 aromatic heterocycles. The van der Waals surface area contributed by atoms with Crippen molar-refractivity contribution in [2.75, 3.05) is 41.3 Å². The number of hydrogen-bond donors (Lipinski definition) is 4. The topological polar surface area (TPSA) is 181 Å². The second-order valence-corrected chi connectivity index (χ2v) is 11.1. The number of carbonyl (C=O) groups is 1. The molecule has 44 heavy (non-hydrogen) atoms. The molecule has 2 saturated heterocycles. The zero-order chi connectivity index (χ0) is 31.3. The number of aliphatic hydroxyl groups excluding tert-OH is 3. The van der Waals surface area contributed by atoms with Crippen LogP contribution in [0.2, 0.25) is 0 Å². The number of benzene rings is 2. The number of methoxy groups -OCH3 is 3. The number of fused-ring (bicyclic) bond motifs is 3. The summed E-state index contributed by atoms with van der Waals surface area (Å²) in [5.41, 5.74) is 1.60. The van der Waals surface area contributed by atoms with Gasteiger partial charge in [0.05, 0.1) is 40.0 Å². The third-order valence-corrected chi connectivity index (χ3v) is 8.74. The fraction of sp³-hybridized carbons (Fsp3) is 0.567. The molecule has 14 nitrogen and oxygen atoms in total. The van der Waals surface area contributed by atoms with Gasteiger partial charge >= 0.3 is 5.97 Å². The molecule has 0 bridgehead atoms. The smallest absolute Gasteiger partial charge is 0.310 e. The van der Waals surface area contributed by atoms with Crippen molar-refractivity contribution in [2.24, 2.45) is 11.8 Å². The summed E-state index contributed by atoms with van der Waals surface area (Å²) in [5, 5.41) is 43.5. The summed E-state index contributed by atoms with van der Waals surface area (Å²) in [5.74, 6) is -2.59. The third-order valence-electron chi connectivity index (χ3n) is 8.74. The van der Waals surface area contributed by atoms with Gasteiger partial charge in [0.15, 0.2) is 35.6 Å². The highest BCUT2D eigenvalue weighted by Crippen LogP contribution is 2.55. The van der Waals surface area contributed by atoms with Gasteiger partial charge in [0.2, 0.25) is 12.5 Å². The van der Waals surface area contributed by atoms with Crippen LogP contribution >= 0.6 is 0 Å². The Labute approximate surface area is 252 Å². The number of hydrogen-bond acceptors (Lipinski definition) is 14. The van der Waals surface area contributed by atoms with Gasteiger partial charge in [0.25, 0.3) is 0 Å². The SMILES string of the molecule is COC(=O)[C@H]1C(CO)[C@H](O[C@@H]2O[C@@H]3CO[C@@H](C)O[C@H]3[C@H](O)[C@H]2O)c2cc3c(cc2[C@H]1c1cc(OC)c(O)c(OC)c1)OCO3. The summed E-state index contributed by atoms with van der Waals surface area (Å²) < 4.78 is 51.0. The molecule has 3 aliphatic heterocycles. The number of aromatic hydroxyl groups is 1. The summed E-state index contributed by atoms with van der Waals surface area (Å²) in [6.45, 7) is 1.20. The van der Waals surface area contributed by atoms with Gasteiger partial charge in [-0.05, 0) is 47.9 Å². The minimum absolute atomic E-state index is 0.0305. The van der Waals surface area contributed by atoms with Crippen LogP contribution in [0.3, 0.4) is 0 Å². The Morgan fingerprint density at radius 2 is 1.61 bits per heavy atom. The summed E-state index contributed by atoms with van der Waals surface area (Å²) in [6.07, 6.45) is -7.52. The molecule has 0 saturated carbocycles. The van der Waals surface area contributed by atoms with Gasteiger partial charge in [-0.25, -0.2) is 0 Å². The predicted molar refractivity (Wildman–Crippen MR) is 146 cm³/mol. The predicted octanol–water partition coefficient (Wildman–Crippen LogP) is 0.947. The van der Waals surface area contributed by atoms with E-state index >= 15 is 0 Å². The average molecular weight is 621 g/mol. The normalized spacial score (nSPS) is 34.1. The highest BCUT2D eigenvalue weighted by atomic mass is 16.8. The molecule has 4 aliphatic rings. The zero-order valence-electron chi connectivity index (χ0n) is 24.6. The largest absolute Gasteiger partial charge is 0.502 e. The third kappa shape index (κ3) is 5.09. The van der Waals surface area contributed by atoms with E-state index in [9.17, 15) is 25.2 Å². The molecular weight excluding hydrogens is 584 g/mol. The molecule has 1 unspecified atom stereocenters. The molecule has 2 aromatic carbocycles. The zero-order valence-corrected chi connectivity index (χ0v) is 24.6. The van der Waals surface area contributed by atoms with E-state index in [-0.39, 0.29) is 30.6 Å². The number of phenolic OH excluding ortho intramolecular Hbond substituents is 1. The standard InChI is InChI=1S/C30H36O14/c1-12-39-10-21-28(42-12)25(33)26(34)30(43-21)44-27-15-8-18-17(40-11-41-18)7-14(15)22(23(16(27)9-31)29(35)38-4)13-5-19(36-2)24(32)20(6-13)37-3/h5-8,12,16,21-23,25-28,30-34H,9-11H2,1-4H3/t12-,16?,21-,22-,23+,25-,26-,27-,28-,30+/m1/s1. The van der Waals surface area contributed by atoms with Gasteiger partial charge in [0, 0.05) is 18.4 Å². The molecule has 10 atom stereocenters. The van der Waals surface area contributed by atoms with Crippen LogP contribution in [-0.2, 0) is 28.5 Å². The molecule has 0 amide bonds. The van der Waals surface area contributed by atoms with Crippen molar-refractivity contribution in [3.63, 3.8) is 0 Å². The minimum Gasteiger partial charge on any atom is -0.502 e. The first kappa shape index (κ1) is 30.6. The van der Waals surface area contributed by atoms with Crippen molar-refractivity contribution in [2.45, 2.75) is 55.9 Å². The van der Waals surface area contributed by atoms with Gasteiger partial charge in [0.1, 0.15) is 24.4 Å². The number of aliphatic hydroxyl groups is 3. The van der Waals surface area contributed by atoms with Crippen molar-refractivity contribution in [3.05, 3.63) is 41.0 Å². The maximum Gasteiger partial charge on any atom is 0.310 e. The highest BCUT2D eigenvalue weighted by Gasteiger charge is 2.53. The molecule has 1 aliphatic carbocycles. The number of phenols is 1. The molecule has 6 rings (SSSR count). The first-order chi connectivity index (χ1) is 21.2. The Bertz CT molecular complexity index is 1350. The van der Waals surface area contributed by atoms with E-state index in [0.717, 1.165) is 0 Å². The van der Waals surface area contributed by atoms with Gasteiger partial charge in [-0.2, -0.15) is 0 Å². The summed E-state index contributed by atoms with van der Waals surface area (Å²) in [4.78, 5) is 13.6. The molecule has 14 heteroatoms. The fourth-order valence-corrected chi connectivity index (χ4v) is 6.62. The number of esters is 1. The Morgan fingerprint density at radius 3 is 2.23 bits per heavy atom. The Balaban J connectivity index is 1.48. The van der Waals surface area contributed by atoms with Crippen LogP contribution in [0.1, 0.15) is 35.6 Å². The van der Waals surface area contributed by atoms with Crippen molar-refractivity contribution >= 4 is 5.97 Å². The molecular formula is C30H36O14. The van der Waals surface area contributed by atoms with E-state index < -0.39 is 73.4 Å². The Morgan fingerprint density at radius 1 is 0.955 bits per heavy atom. The molecule has 0 spiro atoms. The lowest BCUT2D eigenvalue weighted by Crippen LogP contribution is -2.63. The van der Waals surface area contributed by atoms with E-state index in [4.69, 9.17) is 42.6 Å². The molecule has 0 radical (unpaired) electrons. The van der Waals surface area contributed by atoms with Crippen molar-refractivity contribution in [1.29, 1.82) is 0 Å². The van der Waals surface area contributed by atoms with Gasteiger partial charge in [-0.1, -0.05) is 0 Å².